The molecular formula is C21H23N3O3S2. The van der Waals surface area contributed by atoms with E-state index in [0.29, 0.717) is 31.5 Å². The highest BCUT2D eigenvalue weighted by Gasteiger charge is 2.23. The fraction of sp³-hybridized carbons (Fsp3) is 0.333. The van der Waals surface area contributed by atoms with Crippen LogP contribution in [0.15, 0.2) is 47.4 Å². The average molecular weight is 430 g/mol. The molecule has 0 bridgehead atoms. The number of para-hydroxylation sites is 1. The van der Waals surface area contributed by atoms with Crippen molar-refractivity contribution in [1.82, 2.24) is 9.71 Å². The molecule has 1 saturated heterocycles. The molecular weight excluding hydrogens is 406 g/mol. The number of thiazole rings is 1. The van der Waals surface area contributed by atoms with Gasteiger partial charge in [-0.2, -0.15) is 0 Å². The summed E-state index contributed by atoms with van der Waals surface area (Å²) in [6.45, 7) is 2.80. The molecule has 1 fully saturated rings. The number of benzene rings is 2. The zero-order valence-electron chi connectivity index (χ0n) is 16.2. The van der Waals surface area contributed by atoms with Gasteiger partial charge in [-0.15, -0.1) is 11.3 Å². The second-order valence-corrected chi connectivity index (χ2v) is 10.0. The molecule has 2 heterocycles. The van der Waals surface area contributed by atoms with Crippen LogP contribution in [0.3, 0.4) is 0 Å². The van der Waals surface area contributed by atoms with E-state index in [1.165, 1.54) is 0 Å². The van der Waals surface area contributed by atoms with Gasteiger partial charge in [0.25, 0.3) is 0 Å². The second kappa shape index (κ2) is 8.22. The molecule has 0 aliphatic carbocycles. The number of aromatic nitrogens is 1. The van der Waals surface area contributed by atoms with E-state index in [9.17, 15) is 13.2 Å². The number of hydrogen-bond acceptors (Lipinski definition) is 5. The number of carbonyl (C=O) groups is 1. The number of nitrogens with one attached hydrogen (secondary N) is 1. The Morgan fingerprint density at radius 3 is 2.76 bits per heavy atom. The van der Waals surface area contributed by atoms with Crippen LogP contribution >= 0.6 is 11.3 Å². The molecule has 1 amide bonds. The molecule has 1 N–H and O–H groups in total. The van der Waals surface area contributed by atoms with E-state index in [0.717, 1.165) is 33.8 Å². The van der Waals surface area contributed by atoms with Gasteiger partial charge in [0.2, 0.25) is 15.9 Å². The minimum Gasteiger partial charge on any atom is -0.312 e. The van der Waals surface area contributed by atoms with Gasteiger partial charge in [-0.1, -0.05) is 12.1 Å². The van der Waals surface area contributed by atoms with E-state index >= 15 is 0 Å². The number of aryl methyl sites for hydroxylation is 2. The van der Waals surface area contributed by atoms with Crippen LogP contribution < -0.4 is 9.62 Å². The van der Waals surface area contributed by atoms with Crippen LogP contribution in [0.5, 0.6) is 0 Å². The minimum atomic E-state index is -3.59. The first-order valence-electron chi connectivity index (χ1n) is 9.69. The van der Waals surface area contributed by atoms with Crippen molar-refractivity contribution in [1.29, 1.82) is 0 Å². The normalized spacial score (nSPS) is 14.8. The molecule has 0 atom stereocenters. The summed E-state index contributed by atoms with van der Waals surface area (Å²) in [5.41, 5.74) is 2.39. The van der Waals surface area contributed by atoms with Crippen molar-refractivity contribution in [2.75, 3.05) is 18.0 Å². The molecule has 152 valence electrons. The molecule has 4 rings (SSSR count). The Hall–Kier alpha value is -2.29. The van der Waals surface area contributed by atoms with Crippen molar-refractivity contribution in [3.8, 4) is 0 Å². The lowest BCUT2D eigenvalue weighted by atomic mass is 10.2. The van der Waals surface area contributed by atoms with Crippen molar-refractivity contribution in [2.24, 2.45) is 0 Å². The number of nitrogens with zero attached hydrogens (tertiary/aromatic N) is 2. The maximum atomic E-state index is 12.7. The zero-order valence-corrected chi connectivity index (χ0v) is 17.9. The lowest BCUT2D eigenvalue weighted by Crippen LogP contribution is -2.27. The average Bonchev–Trinajstić information content (AvgIpc) is 3.30. The van der Waals surface area contributed by atoms with Gasteiger partial charge in [-0.3, -0.25) is 4.79 Å². The Balaban J connectivity index is 1.37. The van der Waals surface area contributed by atoms with E-state index in [1.807, 2.05) is 24.3 Å². The molecule has 0 saturated carbocycles. The highest BCUT2D eigenvalue weighted by Crippen LogP contribution is 2.26. The molecule has 1 aliphatic heterocycles. The largest absolute Gasteiger partial charge is 0.312 e. The van der Waals surface area contributed by atoms with E-state index in [-0.39, 0.29) is 10.8 Å². The molecule has 29 heavy (non-hydrogen) atoms. The first-order chi connectivity index (χ1) is 13.9. The summed E-state index contributed by atoms with van der Waals surface area (Å²) in [5.74, 6) is 0.0907. The monoisotopic (exact) mass is 429 g/mol. The molecule has 0 unspecified atom stereocenters. The van der Waals surface area contributed by atoms with Crippen LogP contribution in [-0.4, -0.2) is 32.4 Å². The maximum absolute atomic E-state index is 12.7. The summed E-state index contributed by atoms with van der Waals surface area (Å²) in [7, 11) is -3.59. The minimum absolute atomic E-state index is 0.0907. The van der Waals surface area contributed by atoms with Crippen LogP contribution in [-0.2, 0) is 21.2 Å². The van der Waals surface area contributed by atoms with E-state index in [4.69, 9.17) is 0 Å². The van der Waals surface area contributed by atoms with Gasteiger partial charge in [0.15, 0.2) is 0 Å². The first-order valence-corrected chi connectivity index (χ1v) is 12.0. The number of carbonyl (C=O) groups excluding carboxylic acids is 1. The third-order valence-corrected chi connectivity index (χ3v) is 7.75. The lowest BCUT2D eigenvalue weighted by Gasteiger charge is -2.17. The van der Waals surface area contributed by atoms with E-state index in [1.54, 1.807) is 41.4 Å². The molecule has 1 aromatic heterocycles. The predicted molar refractivity (Wildman–Crippen MR) is 116 cm³/mol. The number of rotatable bonds is 7. The number of hydrogen-bond donors (Lipinski definition) is 1. The molecule has 3 aromatic rings. The summed E-state index contributed by atoms with van der Waals surface area (Å²) in [5, 5.41) is 1.02. The van der Waals surface area contributed by atoms with E-state index in [2.05, 4.69) is 9.71 Å². The Morgan fingerprint density at radius 2 is 2.03 bits per heavy atom. The van der Waals surface area contributed by atoms with Gasteiger partial charge in [0.05, 0.1) is 20.1 Å². The fourth-order valence-electron chi connectivity index (χ4n) is 3.57. The van der Waals surface area contributed by atoms with Crippen molar-refractivity contribution < 1.29 is 13.2 Å². The molecule has 0 spiro atoms. The molecule has 1 aliphatic rings. The number of fused-ring (bicyclic) bond motifs is 1. The molecule has 8 heteroatoms. The summed E-state index contributed by atoms with van der Waals surface area (Å²) in [6.07, 6.45) is 2.80. The molecule has 6 nitrogen and oxygen atoms in total. The standard InChI is InChI=1S/C21H23N3O3S2/c1-15-14-16(24-13-5-9-21(24)25)10-11-19(15)29(26,27)22-12-4-8-20-23-17-6-2-3-7-18(17)28-20/h2-3,6-7,10-11,14,22H,4-5,8-9,12-13H2,1H3. The van der Waals surface area contributed by atoms with Crippen molar-refractivity contribution in [2.45, 2.75) is 37.5 Å². The molecule has 2 aromatic carbocycles. The van der Waals surface area contributed by atoms with Crippen molar-refractivity contribution in [3.05, 3.63) is 53.0 Å². The topological polar surface area (TPSA) is 79.4 Å². The Labute approximate surface area is 174 Å². The maximum Gasteiger partial charge on any atom is 0.240 e. The van der Waals surface area contributed by atoms with Gasteiger partial charge in [0.1, 0.15) is 0 Å². The number of sulfonamides is 1. The Bertz CT molecular complexity index is 1120. The third-order valence-electron chi connectivity index (χ3n) is 5.03. The second-order valence-electron chi connectivity index (χ2n) is 7.18. The highest BCUT2D eigenvalue weighted by molar-refractivity contribution is 7.89. The SMILES string of the molecule is Cc1cc(N2CCCC2=O)ccc1S(=O)(=O)NCCCc1nc2ccccc2s1. The van der Waals surface area contributed by atoms with Gasteiger partial charge >= 0.3 is 0 Å². The van der Waals surface area contributed by atoms with Crippen molar-refractivity contribution in [3.63, 3.8) is 0 Å². The fourth-order valence-corrected chi connectivity index (χ4v) is 5.88. The molecule has 0 radical (unpaired) electrons. The van der Waals surface area contributed by atoms with E-state index < -0.39 is 10.0 Å². The first kappa shape index (κ1) is 20.0. The predicted octanol–water partition coefficient (Wildman–Crippen LogP) is 3.64. The van der Waals surface area contributed by atoms with Crippen LogP contribution in [0.2, 0.25) is 0 Å². The highest BCUT2D eigenvalue weighted by atomic mass is 32.2. The number of amides is 1. The van der Waals surface area contributed by atoms with Gasteiger partial charge < -0.3 is 4.90 Å². The van der Waals surface area contributed by atoms with Crippen LogP contribution in [0.25, 0.3) is 10.2 Å². The van der Waals surface area contributed by atoms with Crippen LogP contribution in [0.4, 0.5) is 5.69 Å². The smallest absolute Gasteiger partial charge is 0.240 e. The summed E-state index contributed by atoms with van der Waals surface area (Å²) in [6, 6.07) is 13.1. The van der Waals surface area contributed by atoms with Gasteiger partial charge in [0, 0.05) is 31.6 Å². The summed E-state index contributed by atoms with van der Waals surface area (Å²) >= 11 is 1.65. The Kier molecular flexibility index (Phi) is 5.67. The third kappa shape index (κ3) is 4.34. The lowest BCUT2D eigenvalue weighted by molar-refractivity contribution is -0.117. The van der Waals surface area contributed by atoms with Crippen LogP contribution in [0.1, 0.15) is 29.8 Å². The van der Waals surface area contributed by atoms with Gasteiger partial charge in [-0.05, 0) is 55.7 Å². The van der Waals surface area contributed by atoms with Crippen molar-refractivity contribution >= 4 is 43.2 Å². The number of anilines is 1. The Morgan fingerprint density at radius 1 is 1.21 bits per heavy atom. The van der Waals surface area contributed by atoms with Gasteiger partial charge in [-0.25, -0.2) is 18.1 Å². The van der Waals surface area contributed by atoms with Crippen LogP contribution in [0, 0.1) is 6.92 Å². The zero-order chi connectivity index (χ0) is 20.4. The quantitative estimate of drug-likeness (QED) is 0.582. The summed E-state index contributed by atoms with van der Waals surface area (Å²) in [4.78, 5) is 18.5. The summed E-state index contributed by atoms with van der Waals surface area (Å²) < 4.78 is 29.2.